The van der Waals surface area contributed by atoms with Gasteiger partial charge in [-0.25, -0.2) is 9.18 Å². The quantitative estimate of drug-likeness (QED) is 0.840. The Hall–Kier alpha value is -2.76. The summed E-state index contributed by atoms with van der Waals surface area (Å²) in [5.41, 5.74) is 4.56. The fourth-order valence-electron chi connectivity index (χ4n) is 1.67. The minimum Gasteiger partial charge on any atom is -0.497 e. The van der Waals surface area contributed by atoms with Gasteiger partial charge in [0.2, 0.25) is 0 Å². The molecule has 0 spiro atoms. The molecule has 0 aliphatic rings. The van der Waals surface area contributed by atoms with Gasteiger partial charge in [0.05, 0.1) is 12.8 Å². The van der Waals surface area contributed by atoms with E-state index in [9.17, 15) is 9.18 Å². The van der Waals surface area contributed by atoms with Crippen molar-refractivity contribution in [1.82, 2.24) is 0 Å². The van der Waals surface area contributed by atoms with Gasteiger partial charge in [0.1, 0.15) is 28.6 Å². The van der Waals surface area contributed by atoms with Crippen LogP contribution >= 0.6 is 0 Å². The predicted octanol–water partition coefficient (Wildman–Crippen LogP) is 2.91. The van der Waals surface area contributed by atoms with Gasteiger partial charge in [0, 0.05) is 6.07 Å². The molecule has 6 heteroatoms. The Morgan fingerprint density at radius 2 is 1.95 bits per heavy atom. The summed E-state index contributed by atoms with van der Waals surface area (Å²) in [6.45, 7) is 0. The van der Waals surface area contributed by atoms with Crippen LogP contribution < -0.4 is 15.2 Å². The SMILES string of the molecule is COc1cccc(Oc2ccc(F)c(N)c2C(=O)O)c1. The van der Waals surface area contributed by atoms with Crippen molar-refractivity contribution in [2.24, 2.45) is 0 Å². The number of nitrogens with two attached hydrogens (primary N) is 1. The number of carboxylic acid groups (broad SMARTS) is 1. The van der Waals surface area contributed by atoms with Crippen molar-refractivity contribution in [3.8, 4) is 17.2 Å². The highest BCUT2D eigenvalue weighted by molar-refractivity contribution is 5.97. The van der Waals surface area contributed by atoms with Gasteiger partial charge in [-0.1, -0.05) is 6.07 Å². The predicted molar refractivity (Wildman–Crippen MR) is 70.8 cm³/mol. The van der Waals surface area contributed by atoms with E-state index in [0.29, 0.717) is 11.5 Å². The number of carbonyl (C=O) groups is 1. The summed E-state index contributed by atoms with van der Waals surface area (Å²) in [7, 11) is 1.50. The van der Waals surface area contributed by atoms with Gasteiger partial charge in [-0.05, 0) is 24.3 Å². The van der Waals surface area contributed by atoms with Gasteiger partial charge in [-0.3, -0.25) is 0 Å². The monoisotopic (exact) mass is 277 g/mol. The molecular formula is C14H12FNO4. The van der Waals surface area contributed by atoms with E-state index >= 15 is 0 Å². The molecule has 2 aromatic rings. The number of halogens is 1. The van der Waals surface area contributed by atoms with Crippen molar-refractivity contribution < 1.29 is 23.8 Å². The molecular weight excluding hydrogens is 265 g/mol. The van der Waals surface area contributed by atoms with Gasteiger partial charge in [-0.2, -0.15) is 0 Å². The highest BCUT2D eigenvalue weighted by atomic mass is 19.1. The van der Waals surface area contributed by atoms with Crippen LogP contribution in [-0.2, 0) is 0 Å². The summed E-state index contributed by atoms with van der Waals surface area (Å²) in [6, 6.07) is 8.86. The molecule has 0 aromatic heterocycles. The van der Waals surface area contributed by atoms with Crippen LogP contribution in [0.25, 0.3) is 0 Å². The summed E-state index contributed by atoms with van der Waals surface area (Å²) in [6.07, 6.45) is 0. The van der Waals surface area contributed by atoms with Gasteiger partial charge in [-0.15, -0.1) is 0 Å². The van der Waals surface area contributed by atoms with Gasteiger partial charge < -0.3 is 20.3 Å². The number of anilines is 1. The zero-order chi connectivity index (χ0) is 14.7. The largest absolute Gasteiger partial charge is 0.497 e. The molecule has 0 fully saturated rings. The third-order valence-corrected chi connectivity index (χ3v) is 2.64. The second-order valence-corrected chi connectivity index (χ2v) is 3.92. The van der Waals surface area contributed by atoms with Crippen molar-refractivity contribution >= 4 is 11.7 Å². The Kier molecular flexibility index (Phi) is 3.74. The second-order valence-electron chi connectivity index (χ2n) is 3.92. The zero-order valence-electron chi connectivity index (χ0n) is 10.6. The number of rotatable bonds is 4. The van der Waals surface area contributed by atoms with Gasteiger partial charge in [0.25, 0.3) is 0 Å². The van der Waals surface area contributed by atoms with Crippen LogP contribution in [0, 0.1) is 5.82 Å². The van der Waals surface area contributed by atoms with Crippen LogP contribution in [0.3, 0.4) is 0 Å². The molecule has 0 aliphatic carbocycles. The second kappa shape index (κ2) is 5.48. The van der Waals surface area contributed by atoms with Crippen LogP contribution in [0.15, 0.2) is 36.4 Å². The van der Waals surface area contributed by atoms with Crippen LogP contribution in [-0.4, -0.2) is 18.2 Å². The fourth-order valence-corrected chi connectivity index (χ4v) is 1.67. The number of hydrogen-bond acceptors (Lipinski definition) is 4. The van der Waals surface area contributed by atoms with Crippen LogP contribution in [0.1, 0.15) is 10.4 Å². The number of methoxy groups -OCH3 is 1. The lowest BCUT2D eigenvalue weighted by molar-refractivity contribution is 0.0695. The first-order chi connectivity index (χ1) is 9.52. The number of carboxylic acids is 1. The van der Waals surface area contributed by atoms with Crippen molar-refractivity contribution in [3.63, 3.8) is 0 Å². The lowest BCUT2D eigenvalue weighted by atomic mass is 10.1. The number of hydrogen-bond donors (Lipinski definition) is 2. The average molecular weight is 277 g/mol. The average Bonchev–Trinajstić information content (AvgIpc) is 2.43. The normalized spacial score (nSPS) is 10.1. The minimum absolute atomic E-state index is 0.0374. The number of benzene rings is 2. The first-order valence-corrected chi connectivity index (χ1v) is 5.66. The first-order valence-electron chi connectivity index (χ1n) is 5.66. The highest BCUT2D eigenvalue weighted by Crippen LogP contribution is 2.32. The number of ether oxygens (including phenoxy) is 2. The molecule has 0 heterocycles. The van der Waals surface area contributed by atoms with Crippen LogP contribution in [0.5, 0.6) is 17.2 Å². The maximum atomic E-state index is 13.3. The van der Waals surface area contributed by atoms with E-state index in [1.54, 1.807) is 24.3 Å². The van der Waals surface area contributed by atoms with Crippen molar-refractivity contribution in [3.05, 3.63) is 47.8 Å². The molecule has 3 N–H and O–H groups in total. The molecule has 20 heavy (non-hydrogen) atoms. The summed E-state index contributed by atoms with van der Waals surface area (Å²) < 4.78 is 23.8. The van der Waals surface area contributed by atoms with E-state index in [-0.39, 0.29) is 5.75 Å². The molecule has 2 aromatic carbocycles. The Balaban J connectivity index is 2.43. The first kappa shape index (κ1) is 13.7. The third-order valence-electron chi connectivity index (χ3n) is 2.64. The molecule has 5 nitrogen and oxygen atoms in total. The number of nitrogen functional groups attached to an aromatic ring is 1. The van der Waals surface area contributed by atoms with Crippen LogP contribution in [0.2, 0.25) is 0 Å². The van der Waals surface area contributed by atoms with Gasteiger partial charge >= 0.3 is 5.97 Å². The molecule has 0 saturated carbocycles. The molecule has 0 radical (unpaired) electrons. The Morgan fingerprint density at radius 1 is 1.25 bits per heavy atom. The van der Waals surface area contributed by atoms with Crippen molar-refractivity contribution in [1.29, 1.82) is 0 Å². The van der Waals surface area contributed by atoms with E-state index in [0.717, 1.165) is 6.07 Å². The van der Waals surface area contributed by atoms with Crippen molar-refractivity contribution in [2.45, 2.75) is 0 Å². The lowest BCUT2D eigenvalue weighted by Crippen LogP contribution is -2.07. The lowest BCUT2D eigenvalue weighted by Gasteiger charge is -2.11. The Bertz CT molecular complexity index is 658. The minimum atomic E-state index is -1.36. The summed E-state index contributed by atoms with van der Waals surface area (Å²) >= 11 is 0. The molecule has 0 aliphatic heterocycles. The van der Waals surface area contributed by atoms with Crippen LogP contribution in [0.4, 0.5) is 10.1 Å². The Labute approximate surface area is 114 Å². The molecule has 104 valence electrons. The summed E-state index contributed by atoms with van der Waals surface area (Å²) in [5.74, 6) is -1.29. The zero-order valence-corrected chi connectivity index (χ0v) is 10.6. The van der Waals surface area contributed by atoms with E-state index in [2.05, 4.69) is 0 Å². The van der Waals surface area contributed by atoms with E-state index < -0.39 is 23.0 Å². The maximum absolute atomic E-state index is 13.3. The summed E-state index contributed by atoms with van der Waals surface area (Å²) in [5, 5.41) is 9.10. The Morgan fingerprint density at radius 3 is 2.60 bits per heavy atom. The molecule has 0 atom stereocenters. The molecule has 0 unspecified atom stereocenters. The summed E-state index contributed by atoms with van der Waals surface area (Å²) in [4.78, 5) is 11.2. The van der Waals surface area contributed by atoms with E-state index in [4.69, 9.17) is 20.3 Å². The standard InChI is InChI=1S/C14H12FNO4/c1-19-8-3-2-4-9(7-8)20-11-6-5-10(15)13(16)12(11)14(17)18/h2-7H,16H2,1H3,(H,17,18). The topological polar surface area (TPSA) is 81.8 Å². The smallest absolute Gasteiger partial charge is 0.341 e. The van der Waals surface area contributed by atoms with Gasteiger partial charge in [0.15, 0.2) is 0 Å². The number of aromatic carboxylic acids is 1. The molecule has 2 rings (SSSR count). The van der Waals surface area contributed by atoms with E-state index in [1.807, 2.05) is 0 Å². The van der Waals surface area contributed by atoms with Crippen molar-refractivity contribution in [2.75, 3.05) is 12.8 Å². The third kappa shape index (κ3) is 2.64. The molecule has 0 saturated heterocycles. The fraction of sp³-hybridized carbons (Fsp3) is 0.0714. The molecule has 0 bridgehead atoms. The molecule has 0 amide bonds. The van der Waals surface area contributed by atoms with E-state index in [1.165, 1.54) is 13.2 Å². The highest BCUT2D eigenvalue weighted by Gasteiger charge is 2.19. The maximum Gasteiger partial charge on any atom is 0.341 e.